The maximum absolute atomic E-state index is 12.3. The molecular weight excluding hydrogens is 442 g/mol. The summed E-state index contributed by atoms with van der Waals surface area (Å²) in [6.45, 7) is 0.0865. The molecule has 1 aromatic heterocycles. The van der Waals surface area contributed by atoms with E-state index in [-0.39, 0.29) is 39.2 Å². The lowest BCUT2D eigenvalue weighted by atomic mass is 10.1. The van der Waals surface area contributed by atoms with E-state index in [2.05, 4.69) is 5.32 Å². The summed E-state index contributed by atoms with van der Waals surface area (Å²) in [5.74, 6) is -0.954. The number of amides is 1. The highest BCUT2D eigenvalue weighted by atomic mass is 32.1. The van der Waals surface area contributed by atoms with Crippen LogP contribution in [0.25, 0.3) is 0 Å². The number of methoxy groups -OCH3 is 1. The second kappa shape index (κ2) is 9.66. The molecule has 3 rings (SSSR count). The van der Waals surface area contributed by atoms with E-state index in [0.717, 1.165) is 0 Å². The first-order chi connectivity index (χ1) is 15.3. The number of carbonyl (C=O) groups is 2. The van der Waals surface area contributed by atoms with Gasteiger partial charge < -0.3 is 14.8 Å². The zero-order valence-corrected chi connectivity index (χ0v) is 17.3. The Morgan fingerprint density at radius 2 is 1.78 bits per heavy atom. The largest absolute Gasteiger partial charge is 0.493 e. The highest BCUT2D eigenvalue weighted by molar-refractivity contribution is 7.17. The summed E-state index contributed by atoms with van der Waals surface area (Å²) >= 11 is 0.693. The molecule has 12 heteroatoms. The number of nitro groups is 2. The van der Waals surface area contributed by atoms with Gasteiger partial charge in [0.15, 0.2) is 11.5 Å². The molecule has 0 radical (unpaired) electrons. The molecule has 0 aliphatic carbocycles. The molecule has 2 aromatic carbocycles. The molecule has 0 spiro atoms. The van der Waals surface area contributed by atoms with Crippen molar-refractivity contribution in [2.75, 3.05) is 7.11 Å². The second-order valence-electron chi connectivity index (χ2n) is 6.26. The van der Waals surface area contributed by atoms with Gasteiger partial charge in [-0.25, -0.2) is 4.79 Å². The van der Waals surface area contributed by atoms with Gasteiger partial charge in [-0.2, -0.15) is 0 Å². The molecule has 0 atom stereocenters. The molecule has 0 fully saturated rings. The van der Waals surface area contributed by atoms with Gasteiger partial charge in [-0.1, -0.05) is 23.5 Å². The van der Waals surface area contributed by atoms with E-state index in [1.54, 1.807) is 12.1 Å². The lowest BCUT2D eigenvalue weighted by molar-refractivity contribution is -0.384. The number of esters is 1. The van der Waals surface area contributed by atoms with Gasteiger partial charge in [0.2, 0.25) is 0 Å². The van der Waals surface area contributed by atoms with Gasteiger partial charge in [-0.15, -0.1) is 0 Å². The lowest BCUT2D eigenvalue weighted by Gasteiger charge is -2.11. The van der Waals surface area contributed by atoms with E-state index in [9.17, 15) is 29.8 Å². The Morgan fingerprint density at radius 1 is 1.00 bits per heavy atom. The van der Waals surface area contributed by atoms with Crippen LogP contribution >= 0.6 is 11.3 Å². The Bertz CT molecular complexity index is 1210. The molecule has 32 heavy (non-hydrogen) atoms. The van der Waals surface area contributed by atoms with Crippen molar-refractivity contribution in [3.05, 3.63) is 90.8 Å². The summed E-state index contributed by atoms with van der Waals surface area (Å²) < 4.78 is 10.5. The van der Waals surface area contributed by atoms with Crippen LogP contribution in [-0.2, 0) is 6.54 Å². The van der Waals surface area contributed by atoms with Gasteiger partial charge >= 0.3 is 11.0 Å². The van der Waals surface area contributed by atoms with Crippen LogP contribution in [0.2, 0.25) is 0 Å². The third kappa shape index (κ3) is 5.23. The molecule has 0 bridgehead atoms. The normalized spacial score (nSPS) is 10.3. The average Bonchev–Trinajstić information content (AvgIpc) is 3.29. The van der Waals surface area contributed by atoms with E-state index >= 15 is 0 Å². The number of non-ortho nitro benzene ring substituents is 1. The quantitative estimate of drug-likeness (QED) is 0.233. The number of hydrogen-bond donors (Lipinski definition) is 1. The number of hydrogen-bond acceptors (Lipinski definition) is 9. The standard InChI is InChI=1S/C20H15N3O8S/c1-30-16-9-12(11-21-19(24)13-3-2-4-14(10-13)22(26)27)5-6-15(16)31-20(25)17-7-8-18(32-17)23(28)29/h2-10H,11H2,1H3,(H,21,24). The highest BCUT2D eigenvalue weighted by Gasteiger charge is 2.19. The van der Waals surface area contributed by atoms with Crippen molar-refractivity contribution in [2.45, 2.75) is 6.54 Å². The van der Waals surface area contributed by atoms with Crippen molar-refractivity contribution in [1.82, 2.24) is 5.32 Å². The first kappa shape index (κ1) is 22.4. The Hall–Kier alpha value is -4.32. The number of nitro benzene ring substituents is 1. The number of rotatable bonds is 8. The molecule has 1 N–H and O–H groups in total. The van der Waals surface area contributed by atoms with Crippen LogP contribution in [0.1, 0.15) is 25.6 Å². The number of benzene rings is 2. The van der Waals surface area contributed by atoms with Gasteiger partial charge in [0, 0.05) is 30.3 Å². The van der Waals surface area contributed by atoms with Crippen LogP contribution in [0.15, 0.2) is 54.6 Å². The molecule has 11 nitrogen and oxygen atoms in total. The fourth-order valence-electron chi connectivity index (χ4n) is 2.64. The predicted molar refractivity (Wildman–Crippen MR) is 113 cm³/mol. The van der Waals surface area contributed by atoms with E-state index in [1.807, 2.05) is 0 Å². The average molecular weight is 457 g/mol. The molecule has 0 aliphatic heterocycles. The molecule has 0 unspecified atom stereocenters. The van der Waals surface area contributed by atoms with Crippen molar-refractivity contribution in [3.63, 3.8) is 0 Å². The van der Waals surface area contributed by atoms with Crippen molar-refractivity contribution in [2.24, 2.45) is 0 Å². The van der Waals surface area contributed by atoms with Crippen LogP contribution < -0.4 is 14.8 Å². The van der Waals surface area contributed by atoms with Crippen LogP contribution in [0.4, 0.5) is 10.7 Å². The zero-order chi connectivity index (χ0) is 23.3. The SMILES string of the molecule is COc1cc(CNC(=O)c2cccc([N+](=O)[O-])c2)ccc1OC(=O)c1ccc([N+](=O)[O-])s1. The maximum atomic E-state index is 12.3. The number of ether oxygens (including phenoxy) is 2. The summed E-state index contributed by atoms with van der Waals surface area (Å²) in [4.78, 5) is 45.0. The van der Waals surface area contributed by atoms with E-state index < -0.39 is 21.7 Å². The number of carbonyl (C=O) groups excluding carboxylic acids is 2. The van der Waals surface area contributed by atoms with Gasteiger partial charge in [-0.3, -0.25) is 25.0 Å². The van der Waals surface area contributed by atoms with Crippen LogP contribution in [0, 0.1) is 20.2 Å². The monoisotopic (exact) mass is 457 g/mol. The summed E-state index contributed by atoms with van der Waals surface area (Å²) in [6.07, 6.45) is 0. The predicted octanol–water partition coefficient (Wildman–Crippen LogP) is 3.72. The van der Waals surface area contributed by atoms with Gasteiger partial charge in [0.1, 0.15) is 4.88 Å². The molecule has 164 valence electrons. The summed E-state index contributed by atoms with van der Waals surface area (Å²) in [6, 6.07) is 12.5. The smallest absolute Gasteiger partial charge is 0.354 e. The zero-order valence-electron chi connectivity index (χ0n) is 16.5. The Kier molecular flexibility index (Phi) is 6.75. The molecule has 0 saturated carbocycles. The Balaban J connectivity index is 1.67. The van der Waals surface area contributed by atoms with Crippen LogP contribution in [0.3, 0.4) is 0 Å². The third-order valence-corrected chi connectivity index (χ3v) is 5.19. The molecular formula is C20H15N3O8S. The first-order valence-electron chi connectivity index (χ1n) is 8.94. The molecule has 3 aromatic rings. The fraction of sp³-hybridized carbons (Fsp3) is 0.100. The molecule has 0 aliphatic rings. The summed E-state index contributed by atoms with van der Waals surface area (Å²) in [5, 5.41) is 24.1. The van der Waals surface area contributed by atoms with Crippen molar-refractivity contribution in [3.8, 4) is 11.5 Å². The summed E-state index contributed by atoms with van der Waals surface area (Å²) in [7, 11) is 1.37. The van der Waals surface area contributed by atoms with Crippen molar-refractivity contribution >= 4 is 33.9 Å². The number of thiophene rings is 1. The second-order valence-corrected chi connectivity index (χ2v) is 7.32. The topological polar surface area (TPSA) is 151 Å². The minimum Gasteiger partial charge on any atom is -0.493 e. The van der Waals surface area contributed by atoms with Crippen LogP contribution in [-0.4, -0.2) is 28.8 Å². The third-order valence-electron chi connectivity index (χ3n) is 4.18. The van der Waals surface area contributed by atoms with Crippen molar-refractivity contribution < 1.29 is 28.9 Å². The molecule has 1 heterocycles. The Labute approximate surface area is 184 Å². The van der Waals surface area contributed by atoms with E-state index in [4.69, 9.17) is 9.47 Å². The minimum atomic E-state index is -0.770. The van der Waals surface area contributed by atoms with Gasteiger partial charge in [-0.05, 0) is 29.8 Å². The molecule has 0 saturated heterocycles. The van der Waals surface area contributed by atoms with E-state index in [1.165, 1.54) is 49.6 Å². The Morgan fingerprint density at radius 3 is 2.44 bits per heavy atom. The fourth-order valence-corrected chi connectivity index (χ4v) is 3.33. The summed E-state index contributed by atoms with van der Waals surface area (Å²) in [5.41, 5.74) is 0.565. The van der Waals surface area contributed by atoms with Gasteiger partial charge in [0.05, 0.1) is 17.0 Å². The first-order valence-corrected chi connectivity index (χ1v) is 9.76. The maximum Gasteiger partial charge on any atom is 0.354 e. The van der Waals surface area contributed by atoms with Gasteiger partial charge in [0.25, 0.3) is 11.6 Å². The number of nitrogens with one attached hydrogen (secondary N) is 1. The molecule has 1 amide bonds. The van der Waals surface area contributed by atoms with Crippen molar-refractivity contribution in [1.29, 1.82) is 0 Å². The lowest BCUT2D eigenvalue weighted by Crippen LogP contribution is -2.22. The van der Waals surface area contributed by atoms with E-state index in [0.29, 0.717) is 16.9 Å². The minimum absolute atomic E-state index is 0.0621. The van der Waals surface area contributed by atoms with Crippen LogP contribution in [0.5, 0.6) is 11.5 Å². The number of nitrogens with zero attached hydrogens (tertiary/aromatic N) is 2. The highest BCUT2D eigenvalue weighted by Crippen LogP contribution is 2.31.